The van der Waals surface area contributed by atoms with Gasteiger partial charge in [-0.1, -0.05) is 6.07 Å². The zero-order valence-corrected chi connectivity index (χ0v) is 17.3. The highest BCUT2D eigenvalue weighted by atomic mass is 32.2. The first-order chi connectivity index (χ1) is 12.9. The summed E-state index contributed by atoms with van der Waals surface area (Å²) in [6.45, 7) is 4.50. The van der Waals surface area contributed by atoms with Crippen molar-refractivity contribution in [1.29, 1.82) is 0 Å². The molecule has 27 heavy (non-hydrogen) atoms. The van der Waals surface area contributed by atoms with Crippen LogP contribution in [0.4, 0.5) is 0 Å². The zero-order chi connectivity index (χ0) is 19.0. The van der Waals surface area contributed by atoms with Crippen LogP contribution >= 0.6 is 11.3 Å². The summed E-state index contributed by atoms with van der Waals surface area (Å²) in [5.74, 6) is 0. The van der Waals surface area contributed by atoms with E-state index < -0.39 is 10.0 Å². The van der Waals surface area contributed by atoms with Crippen LogP contribution in [0.2, 0.25) is 0 Å². The minimum Gasteiger partial charge on any atom is -0.375 e. The molecule has 0 atom stereocenters. The fourth-order valence-corrected chi connectivity index (χ4v) is 5.74. The minimum absolute atomic E-state index is 0.577. The molecule has 2 aromatic heterocycles. The van der Waals surface area contributed by atoms with E-state index in [4.69, 9.17) is 0 Å². The van der Waals surface area contributed by atoms with Crippen molar-refractivity contribution in [3.63, 3.8) is 0 Å². The summed E-state index contributed by atoms with van der Waals surface area (Å²) in [4.78, 5) is 11.5. The molecule has 4 rings (SSSR count). The van der Waals surface area contributed by atoms with Gasteiger partial charge in [0, 0.05) is 85.8 Å². The fraction of sp³-hybridized carbons (Fsp3) is 0.421. The van der Waals surface area contributed by atoms with Crippen molar-refractivity contribution >= 4 is 26.9 Å². The second-order valence-corrected chi connectivity index (χ2v) is 10.3. The maximum absolute atomic E-state index is 11.7. The smallest absolute Gasteiger partial charge is 0.211 e. The van der Waals surface area contributed by atoms with E-state index in [1.165, 1.54) is 27.1 Å². The van der Waals surface area contributed by atoms with Gasteiger partial charge in [0.1, 0.15) is 0 Å². The van der Waals surface area contributed by atoms with Gasteiger partial charge >= 0.3 is 0 Å². The predicted molar refractivity (Wildman–Crippen MR) is 109 cm³/mol. The Kier molecular flexibility index (Phi) is 5.07. The molecule has 0 aliphatic carbocycles. The highest BCUT2D eigenvalue weighted by Gasteiger charge is 2.25. The first-order valence-corrected chi connectivity index (χ1v) is 11.7. The Hall–Kier alpha value is -1.74. The average molecular weight is 405 g/mol. The molecule has 0 radical (unpaired) electrons. The average Bonchev–Trinajstić information content (AvgIpc) is 3.03. The molecular formula is C19H24N4O2S2. The standard InChI is InChI=1S/C19H24N4O2S2/c1-21-12-16-10-17(13-22-6-8-23(9-7-22)27(2,24)25)26-19(16)18(14-21)15-4-3-5-20-11-15/h3-5,10-11,14H,6-9,12-13H2,1-2H3. The van der Waals surface area contributed by atoms with Crippen molar-refractivity contribution in [3.8, 4) is 0 Å². The quantitative estimate of drug-likeness (QED) is 0.781. The lowest BCUT2D eigenvalue weighted by Crippen LogP contribution is -2.47. The van der Waals surface area contributed by atoms with E-state index >= 15 is 0 Å². The SMILES string of the molecule is CN1C=C(c2cccnc2)c2sc(CN3CCN(S(C)(=O)=O)CC3)cc2C1. The number of hydrogen-bond acceptors (Lipinski definition) is 6. The predicted octanol–water partition coefficient (Wildman–Crippen LogP) is 2.05. The number of pyridine rings is 1. The van der Waals surface area contributed by atoms with E-state index in [9.17, 15) is 8.42 Å². The maximum Gasteiger partial charge on any atom is 0.211 e. The molecule has 2 aliphatic heterocycles. The van der Waals surface area contributed by atoms with Crippen molar-refractivity contribution < 1.29 is 8.42 Å². The molecule has 0 spiro atoms. The summed E-state index contributed by atoms with van der Waals surface area (Å²) in [5.41, 5.74) is 3.72. The lowest BCUT2D eigenvalue weighted by molar-refractivity contribution is 0.183. The Bertz CT molecular complexity index is 945. The summed E-state index contributed by atoms with van der Waals surface area (Å²) in [6.07, 6.45) is 7.20. The molecule has 0 saturated carbocycles. The van der Waals surface area contributed by atoms with Gasteiger partial charge < -0.3 is 4.90 Å². The van der Waals surface area contributed by atoms with E-state index in [0.717, 1.165) is 31.7 Å². The van der Waals surface area contributed by atoms with Crippen LogP contribution in [0.15, 0.2) is 36.8 Å². The Morgan fingerprint density at radius 3 is 2.67 bits per heavy atom. The molecule has 2 aliphatic rings. The van der Waals surface area contributed by atoms with Crippen molar-refractivity contribution in [2.75, 3.05) is 39.5 Å². The maximum atomic E-state index is 11.7. The number of rotatable bonds is 4. The molecule has 0 aromatic carbocycles. The number of hydrogen-bond donors (Lipinski definition) is 0. The molecule has 1 fully saturated rings. The molecule has 0 unspecified atom stereocenters. The van der Waals surface area contributed by atoms with Gasteiger partial charge in [0.05, 0.1) is 6.26 Å². The molecule has 2 aromatic rings. The van der Waals surface area contributed by atoms with Gasteiger partial charge in [-0.05, 0) is 17.7 Å². The molecule has 0 N–H and O–H groups in total. The van der Waals surface area contributed by atoms with Gasteiger partial charge in [0.25, 0.3) is 0 Å². The van der Waals surface area contributed by atoms with Gasteiger partial charge in [0.2, 0.25) is 10.0 Å². The number of fused-ring (bicyclic) bond motifs is 1. The van der Waals surface area contributed by atoms with Crippen LogP contribution in [0.3, 0.4) is 0 Å². The number of aromatic nitrogens is 1. The number of sulfonamides is 1. The molecule has 144 valence electrons. The number of nitrogens with zero attached hydrogens (tertiary/aromatic N) is 4. The topological polar surface area (TPSA) is 56.8 Å². The summed E-state index contributed by atoms with van der Waals surface area (Å²) in [5, 5.41) is 0. The number of thiophene rings is 1. The molecule has 1 saturated heterocycles. The lowest BCUT2D eigenvalue weighted by Gasteiger charge is -2.32. The summed E-state index contributed by atoms with van der Waals surface area (Å²) in [6, 6.07) is 6.38. The fourth-order valence-electron chi connectivity index (χ4n) is 3.67. The highest BCUT2D eigenvalue weighted by Crippen LogP contribution is 2.37. The molecule has 6 nitrogen and oxygen atoms in total. The Morgan fingerprint density at radius 1 is 1.22 bits per heavy atom. The Balaban J connectivity index is 1.51. The van der Waals surface area contributed by atoms with Gasteiger partial charge in [-0.3, -0.25) is 9.88 Å². The lowest BCUT2D eigenvalue weighted by atomic mass is 10.0. The van der Waals surface area contributed by atoms with Crippen LogP contribution in [-0.2, 0) is 23.1 Å². The van der Waals surface area contributed by atoms with Crippen LogP contribution in [0, 0.1) is 0 Å². The van der Waals surface area contributed by atoms with Crippen LogP contribution in [0.25, 0.3) is 5.57 Å². The second kappa shape index (κ2) is 7.35. The van der Waals surface area contributed by atoms with Crippen LogP contribution in [-0.4, -0.2) is 67.0 Å². The molecule has 8 heteroatoms. The van der Waals surface area contributed by atoms with E-state index in [1.807, 2.05) is 23.6 Å². The normalized spacial score (nSPS) is 19.0. The largest absolute Gasteiger partial charge is 0.375 e. The van der Waals surface area contributed by atoms with E-state index in [-0.39, 0.29) is 0 Å². The van der Waals surface area contributed by atoms with Gasteiger partial charge in [0.15, 0.2) is 0 Å². The number of piperazine rings is 1. The Labute approximate surface area is 164 Å². The van der Waals surface area contributed by atoms with Gasteiger partial charge in [-0.15, -0.1) is 11.3 Å². The van der Waals surface area contributed by atoms with Gasteiger partial charge in [-0.25, -0.2) is 8.42 Å². The van der Waals surface area contributed by atoms with E-state index in [2.05, 4.69) is 40.2 Å². The van der Waals surface area contributed by atoms with Crippen LogP contribution in [0.1, 0.15) is 20.9 Å². The van der Waals surface area contributed by atoms with Crippen molar-refractivity contribution in [2.24, 2.45) is 0 Å². The minimum atomic E-state index is -3.08. The van der Waals surface area contributed by atoms with Crippen molar-refractivity contribution in [2.45, 2.75) is 13.1 Å². The molecule has 4 heterocycles. The van der Waals surface area contributed by atoms with Gasteiger partial charge in [-0.2, -0.15) is 4.31 Å². The summed E-state index contributed by atoms with van der Waals surface area (Å²) in [7, 11) is -0.980. The van der Waals surface area contributed by atoms with E-state index in [0.29, 0.717) is 13.1 Å². The third-order valence-corrected chi connectivity index (χ3v) is 7.52. The summed E-state index contributed by atoms with van der Waals surface area (Å²) >= 11 is 1.84. The molecular weight excluding hydrogens is 380 g/mol. The third-order valence-electron chi connectivity index (χ3n) is 5.03. The summed E-state index contributed by atoms with van der Waals surface area (Å²) < 4.78 is 24.9. The van der Waals surface area contributed by atoms with Crippen molar-refractivity contribution in [1.82, 2.24) is 19.1 Å². The third kappa shape index (κ3) is 4.08. The monoisotopic (exact) mass is 404 g/mol. The van der Waals surface area contributed by atoms with Crippen molar-refractivity contribution in [3.05, 3.63) is 57.7 Å². The molecule has 0 amide bonds. The zero-order valence-electron chi connectivity index (χ0n) is 15.6. The Morgan fingerprint density at radius 2 is 2.00 bits per heavy atom. The van der Waals surface area contributed by atoms with Crippen LogP contribution < -0.4 is 0 Å². The second-order valence-electron chi connectivity index (χ2n) is 7.20. The van der Waals surface area contributed by atoms with E-state index in [1.54, 1.807) is 10.5 Å². The molecule has 0 bridgehead atoms. The first kappa shape index (κ1) is 18.6. The highest BCUT2D eigenvalue weighted by molar-refractivity contribution is 7.88. The first-order valence-electron chi connectivity index (χ1n) is 9.02. The van der Waals surface area contributed by atoms with Crippen LogP contribution in [0.5, 0.6) is 0 Å².